The average Bonchev–Trinajstić information content (AvgIpc) is 3.21. The molecule has 2 aromatic heterocycles. The molecule has 46 heavy (non-hydrogen) atoms. The van der Waals surface area contributed by atoms with Crippen molar-refractivity contribution in [2.24, 2.45) is 5.41 Å². The monoisotopic (exact) mass is 674 g/mol. The van der Waals surface area contributed by atoms with Crippen LogP contribution in [0.1, 0.15) is 11.1 Å². The van der Waals surface area contributed by atoms with Crippen molar-refractivity contribution in [1.29, 1.82) is 5.26 Å². The number of rotatable bonds is 3. The van der Waals surface area contributed by atoms with Gasteiger partial charge in [0.25, 0.3) is 0 Å². The zero-order valence-electron chi connectivity index (χ0n) is 23.8. The minimum atomic E-state index is -5.06. The number of hydrogen-bond donors (Lipinski definition) is 1. The summed E-state index contributed by atoms with van der Waals surface area (Å²) in [7, 11) is 0. The van der Waals surface area contributed by atoms with E-state index in [9.17, 15) is 14.9 Å². The van der Waals surface area contributed by atoms with E-state index in [1.807, 2.05) is 0 Å². The maximum Gasteiger partial charge on any atom is 0.417 e. The number of piperazine rings is 1. The fourth-order valence-corrected chi connectivity index (χ4v) is 8.77. The first kappa shape index (κ1) is 30.5. The van der Waals surface area contributed by atoms with Crippen LogP contribution in [-0.4, -0.2) is 65.5 Å². The summed E-state index contributed by atoms with van der Waals surface area (Å²) >= 11 is 1.67. The number of aromatic nitrogens is 2. The third kappa shape index (κ3) is 4.55. The third-order valence-electron chi connectivity index (χ3n) is 8.66. The number of thiophene rings is 1. The highest BCUT2D eigenvalue weighted by molar-refractivity contribution is 7.99. The van der Waals surface area contributed by atoms with E-state index < -0.39 is 45.6 Å². The summed E-state index contributed by atoms with van der Waals surface area (Å²) in [5, 5.41) is 9.37. The Balaban J connectivity index is 1.58. The normalized spacial score (nSPS) is 17.7. The third-order valence-corrected chi connectivity index (χ3v) is 11.1. The summed E-state index contributed by atoms with van der Waals surface area (Å²) < 4.78 is 83.1. The van der Waals surface area contributed by atoms with Gasteiger partial charge in [-0.25, -0.2) is 13.6 Å². The summed E-state index contributed by atoms with van der Waals surface area (Å²) in [6, 6.07) is 3.14. The van der Waals surface area contributed by atoms with Crippen molar-refractivity contribution < 1.29 is 31.5 Å². The molecule has 5 heterocycles. The Morgan fingerprint density at radius 2 is 1.87 bits per heavy atom. The first-order valence-corrected chi connectivity index (χ1v) is 15.8. The molecule has 2 fully saturated rings. The van der Waals surface area contributed by atoms with Crippen LogP contribution in [0, 0.1) is 28.4 Å². The van der Waals surface area contributed by atoms with Crippen LogP contribution in [0.15, 0.2) is 34.5 Å². The number of anilines is 2. The number of nitriles is 1. The molecule has 9 nitrogen and oxygen atoms in total. The fraction of sp³-hybridized carbons (Fsp3) is 0.333. The Hall–Kier alpha value is -4.20. The highest BCUT2D eigenvalue weighted by atomic mass is 32.2. The van der Waals surface area contributed by atoms with Crippen molar-refractivity contribution >= 4 is 60.8 Å². The minimum Gasteiger partial charge on any atom is -0.389 e. The van der Waals surface area contributed by atoms with Crippen LogP contribution >= 0.6 is 23.1 Å². The van der Waals surface area contributed by atoms with Crippen molar-refractivity contribution in [2.45, 2.75) is 17.6 Å². The van der Waals surface area contributed by atoms with Gasteiger partial charge in [-0.05, 0) is 12.1 Å². The van der Waals surface area contributed by atoms with E-state index in [0.29, 0.717) is 17.4 Å². The molecule has 4 aromatic rings. The number of nitrogen functional groups attached to an aromatic ring is 1. The zero-order chi connectivity index (χ0) is 32.7. The van der Waals surface area contributed by atoms with Crippen molar-refractivity contribution in [3.8, 4) is 17.2 Å². The van der Waals surface area contributed by atoms with Crippen molar-refractivity contribution in [3.05, 3.63) is 58.0 Å². The Bertz CT molecular complexity index is 2090. The van der Waals surface area contributed by atoms with Gasteiger partial charge in [-0.15, -0.1) is 23.1 Å². The number of amides is 1. The predicted octanol–water partition coefficient (Wildman–Crippen LogP) is 4.99. The molecule has 0 aliphatic carbocycles. The molecular weight excluding hydrogens is 651 g/mol. The highest BCUT2D eigenvalue weighted by Crippen LogP contribution is 2.54. The number of halogens is 5. The van der Waals surface area contributed by atoms with E-state index in [1.165, 1.54) is 15.5 Å². The molecule has 2 N–H and O–H groups in total. The Labute approximate surface area is 265 Å². The first-order chi connectivity index (χ1) is 21.9. The van der Waals surface area contributed by atoms with Gasteiger partial charge < -0.3 is 20.3 Å². The minimum absolute atomic E-state index is 0.00359. The lowest BCUT2D eigenvalue weighted by Crippen LogP contribution is -2.50. The number of fused-ring (bicyclic) bond motifs is 1. The molecule has 1 amide bonds. The lowest BCUT2D eigenvalue weighted by Gasteiger charge is -2.40. The van der Waals surface area contributed by atoms with Gasteiger partial charge in [0.2, 0.25) is 5.91 Å². The summed E-state index contributed by atoms with van der Waals surface area (Å²) in [5.74, 6) is -2.43. The molecule has 0 radical (unpaired) electrons. The fourth-order valence-electron chi connectivity index (χ4n) is 6.41. The molecule has 0 unspecified atom stereocenters. The maximum absolute atomic E-state index is 16.0. The van der Waals surface area contributed by atoms with Gasteiger partial charge in [0.15, 0.2) is 0 Å². The Morgan fingerprint density at radius 3 is 2.48 bits per heavy atom. The SMILES string of the molecule is C=CC(=O)N1CCN(c2nc(=O)n3c4c(c(-c5c(F)cc(F)c6sc(N)c(C#N)c56)c(C(F)(F)F)cc24)SCC2(COC2)C3)CC1. The molecule has 3 aliphatic heterocycles. The average molecular weight is 675 g/mol. The van der Waals surface area contributed by atoms with E-state index in [2.05, 4.69) is 11.6 Å². The molecule has 2 aromatic carbocycles. The molecule has 238 valence electrons. The molecule has 2 saturated heterocycles. The topological polar surface area (TPSA) is 117 Å². The number of nitrogens with zero attached hydrogens (tertiary/aromatic N) is 5. The Kier molecular flexibility index (Phi) is 7.07. The van der Waals surface area contributed by atoms with Gasteiger partial charge in [0, 0.05) is 76.8 Å². The van der Waals surface area contributed by atoms with Crippen LogP contribution in [0.3, 0.4) is 0 Å². The lowest BCUT2D eigenvalue weighted by molar-refractivity contribution is -0.137. The summed E-state index contributed by atoms with van der Waals surface area (Å²) in [5.41, 5.74) is 1.98. The van der Waals surface area contributed by atoms with E-state index in [0.717, 1.165) is 17.8 Å². The van der Waals surface area contributed by atoms with Crippen LogP contribution in [0.25, 0.3) is 32.1 Å². The van der Waals surface area contributed by atoms with E-state index in [1.54, 1.807) is 11.0 Å². The van der Waals surface area contributed by atoms with Crippen LogP contribution < -0.4 is 16.3 Å². The number of carbonyl (C=O) groups excluding carboxylic acids is 1. The quantitative estimate of drug-likeness (QED) is 0.239. The van der Waals surface area contributed by atoms with Crippen LogP contribution in [-0.2, 0) is 22.3 Å². The summed E-state index contributed by atoms with van der Waals surface area (Å²) in [6.45, 7) is 4.89. The highest BCUT2D eigenvalue weighted by Gasteiger charge is 2.45. The van der Waals surface area contributed by atoms with Gasteiger partial charge in [0.1, 0.15) is 28.5 Å². The molecule has 0 saturated carbocycles. The van der Waals surface area contributed by atoms with Gasteiger partial charge >= 0.3 is 11.9 Å². The van der Waals surface area contributed by atoms with E-state index >= 15 is 22.0 Å². The van der Waals surface area contributed by atoms with Gasteiger partial charge in [0.05, 0.1) is 34.6 Å². The number of alkyl halides is 3. The second kappa shape index (κ2) is 10.7. The van der Waals surface area contributed by atoms with Crippen LogP contribution in [0.5, 0.6) is 0 Å². The summed E-state index contributed by atoms with van der Waals surface area (Å²) in [4.78, 5) is 33.3. The first-order valence-electron chi connectivity index (χ1n) is 14.0. The number of carbonyl (C=O) groups is 1. The maximum atomic E-state index is 16.0. The van der Waals surface area contributed by atoms with Gasteiger partial charge in [-0.1, -0.05) is 6.58 Å². The standard InChI is InChI=1S/C30H23F5N6O3S2/c1-2-19(42)39-3-5-40(6-4-39)27-14-7-16(30(33,34)35)21(22-17(31)8-18(32)24-20(22)15(9-36)26(37)46-24)25-23(14)41(28(43)38-27)10-29(13-45-25)11-44-12-29/h2,7-8H,1,3-6,10-13,37H2. The zero-order valence-corrected chi connectivity index (χ0v) is 25.5. The van der Waals surface area contributed by atoms with Crippen molar-refractivity contribution in [1.82, 2.24) is 14.5 Å². The van der Waals surface area contributed by atoms with Crippen molar-refractivity contribution in [2.75, 3.05) is 55.8 Å². The second-order valence-corrected chi connectivity index (χ2v) is 13.5. The Morgan fingerprint density at radius 1 is 1.15 bits per heavy atom. The number of nitrogens with two attached hydrogens (primary N) is 1. The van der Waals surface area contributed by atoms with E-state index in [4.69, 9.17) is 10.5 Å². The lowest BCUT2D eigenvalue weighted by atomic mass is 9.88. The number of thioether (sulfide) groups is 1. The molecule has 1 spiro atoms. The molecule has 3 aliphatic rings. The number of benzene rings is 2. The molecule has 16 heteroatoms. The molecule has 0 bridgehead atoms. The van der Waals surface area contributed by atoms with E-state index in [-0.39, 0.29) is 99.9 Å². The van der Waals surface area contributed by atoms with Crippen LogP contribution in [0.4, 0.5) is 32.8 Å². The smallest absolute Gasteiger partial charge is 0.389 e. The van der Waals surface area contributed by atoms with Gasteiger partial charge in [-0.2, -0.15) is 23.4 Å². The molecule has 0 atom stereocenters. The number of ether oxygens (including phenoxy) is 1. The summed E-state index contributed by atoms with van der Waals surface area (Å²) in [6.07, 6.45) is -3.88. The van der Waals surface area contributed by atoms with Crippen LogP contribution in [0.2, 0.25) is 0 Å². The van der Waals surface area contributed by atoms with Gasteiger partial charge in [-0.3, -0.25) is 9.36 Å². The molecular formula is C30H23F5N6O3S2. The predicted molar refractivity (Wildman–Crippen MR) is 164 cm³/mol. The second-order valence-electron chi connectivity index (χ2n) is 11.5. The number of hydrogen-bond acceptors (Lipinski definition) is 9. The van der Waals surface area contributed by atoms with Crippen molar-refractivity contribution in [3.63, 3.8) is 0 Å². The largest absolute Gasteiger partial charge is 0.417 e. The molecule has 7 rings (SSSR count).